The van der Waals surface area contributed by atoms with E-state index in [9.17, 15) is 4.79 Å². The number of hydrogen-bond acceptors (Lipinski definition) is 6. The Morgan fingerprint density at radius 3 is 2.92 bits per heavy atom. The second-order valence-corrected chi connectivity index (χ2v) is 6.69. The number of nitrogens with zero attached hydrogens (tertiary/aromatic N) is 5. The molecule has 25 heavy (non-hydrogen) atoms. The van der Waals surface area contributed by atoms with Crippen LogP contribution in [0.25, 0.3) is 11.4 Å². The van der Waals surface area contributed by atoms with E-state index in [4.69, 9.17) is 0 Å². The van der Waals surface area contributed by atoms with Crippen LogP contribution in [-0.2, 0) is 11.3 Å². The highest BCUT2D eigenvalue weighted by Gasteiger charge is 2.20. The molecule has 0 unspecified atom stereocenters. The molecular formula is C17H18N6OS. The maximum atomic E-state index is 11.8. The minimum absolute atomic E-state index is 0.0389. The van der Waals surface area contributed by atoms with Crippen LogP contribution in [0.5, 0.6) is 0 Å². The van der Waals surface area contributed by atoms with Crippen LogP contribution < -0.4 is 10.2 Å². The van der Waals surface area contributed by atoms with E-state index >= 15 is 0 Å². The summed E-state index contributed by atoms with van der Waals surface area (Å²) in [5.41, 5.74) is 2.98. The number of unbranched alkanes of at least 4 members (excludes halogenated alkanes) is 1. The smallest absolute Gasteiger partial charge is 0.243 e. The molecule has 0 bridgehead atoms. The van der Waals surface area contributed by atoms with Gasteiger partial charge in [0, 0.05) is 17.5 Å². The van der Waals surface area contributed by atoms with Gasteiger partial charge in [0.2, 0.25) is 11.7 Å². The van der Waals surface area contributed by atoms with Crippen molar-refractivity contribution in [3.8, 4) is 11.4 Å². The number of benzene rings is 1. The van der Waals surface area contributed by atoms with Crippen LogP contribution in [0.2, 0.25) is 0 Å². The number of tetrazole rings is 1. The van der Waals surface area contributed by atoms with Crippen LogP contribution in [-0.4, -0.2) is 39.2 Å². The predicted octanol–water partition coefficient (Wildman–Crippen LogP) is 2.64. The van der Waals surface area contributed by atoms with Crippen molar-refractivity contribution in [2.45, 2.75) is 19.4 Å². The summed E-state index contributed by atoms with van der Waals surface area (Å²) in [6, 6.07) is 9.90. The minimum Gasteiger partial charge on any atom is -0.361 e. The minimum atomic E-state index is 0.0389. The third-order valence-corrected chi connectivity index (χ3v) is 4.80. The third kappa shape index (κ3) is 3.53. The van der Waals surface area contributed by atoms with E-state index in [0.29, 0.717) is 12.4 Å². The number of thiophene rings is 1. The van der Waals surface area contributed by atoms with Crippen molar-refractivity contribution >= 4 is 28.6 Å². The monoisotopic (exact) mass is 354 g/mol. The molecule has 0 aliphatic carbocycles. The Labute approximate surface area is 149 Å². The number of fused-ring (bicyclic) bond motifs is 1. The number of rotatable bonds is 6. The second-order valence-electron chi connectivity index (χ2n) is 5.91. The maximum absolute atomic E-state index is 11.8. The molecule has 0 radical (unpaired) electrons. The molecule has 7 nitrogen and oxygen atoms in total. The lowest BCUT2D eigenvalue weighted by atomic mass is 10.1. The van der Waals surface area contributed by atoms with E-state index in [2.05, 4.69) is 25.6 Å². The first kappa shape index (κ1) is 15.8. The van der Waals surface area contributed by atoms with Crippen molar-refractivity contribution in [2.75, 3.05) is 23.3 Å². The number of carbonyl (C=O) groups excluding carboxylic acids is 1. The Morgan fingerprint density at radius 1 is 1.16 bits per heavy atom. The number of nitrogens with one attached hydrogen (secondary N) is 1. The topological polar surface area (TPSA) is 75.9 Å². The van der Waals surface area contributed by atoms with Crippen LogP contribution in [0.4, 0.5) is 11.4 Å². The molecule has 3 heterocycles. The quantitative estimate of drug-likeness (QED) is 0.689. The van der Waals surface area contributed by atoms with E-state index < -0.39 is 0 Å². The Hall–Kier alpha value is -2.74. The molecule has 3 aromatic rings. The average molecular weight is 354 g/mol. The number of aromatic nitrogens is 4. The summed E-state index contributed by atoms with van der Waals surface area (Å²) in [6.07, 6.45) is 1.89. The third-order valence-electron chi connectivity index (χ3n) is 4.12. The maximum Gasteiger partial charge on any atom is 0.243 e. The standard InChI is InChI=1S/C17H18N6OS/c24-16-11-22(15-6-2-1-5-14(15)18-16)8-3-4-9-23-20-17(19-21-23)13-7-10-25-12-13/h1-2,5-7,10,12H,3-4,8-9,11H2,(H,18,24). The van der Waals surface area contributed by atoms with Crippen molar-refractivity contribution in [3.63, 3.8) is 0 Å². The Morgan fingerprint density at radius 2 is 2.04 bits per heavy atom. The van der Waals surface area contributed by atoms with Gasteiger partial charge in [-0.15, -0.1) is 10.2 Å². The van der Waals surface area contributed by atoms with E-state index in [1.807, 2.05) is 41.1 Å². The summed E-state index contributed by atoms with van der Waals surface area (Å²) < 4.78 is 0. The normalized spacial score (nSPS) is 13.6. The van der Waals surface area contributed by atoms with Crippen molar-refractivity contribution in [1.82, 2.24) is 20.2 Å². The van der Waals surface area contributed by atoms with Gasteiger partial charge in [0.05, 0.1) is 24.5 Å². The van der Waals surface area contributed by atoms with Gasteiger partial charge in [-0.05, 0) is 41.6 Å². The fourth-order valence-corrected chi connectivity index (χ4v) is 3.54. The van der Waals surface area contributed by atoms with Crippen molar-refractivity contribution in [3.05, 3.63) is 41.1 Å². The molecular weight excluding hydrogens is 336 g/mol. The first-order chi connectivity index (χ1) is 12.3. The molecule has 4 rings (SSSR count). The van der Waals surface area contributed by atoms with Crippen LogP contribution >= 0.6 is 11.3 Å². The summed E-state index contributed by atoms with van der Waals surface area (Å²) in [6.45, 7) is 1.95. The molecule has 1 amide bonds. The van der Waals surface area contributed by atoms with E-state index in [0.717, 1.165) is 42.9 Å². The molecule has 1 N–H and O–H groups in total. The number of carbonyl (C=O) groups is 1. The molecule has 1 aliphatic heterocycles. The van der Waals surface area contributed by atoms with Gasteiger partial charge in [0.1, 0.15) is 0 Å². The summed E-state index contributed by atoms with van der Waals surface area (Å²) in [5, 5.41) is 19.5. The summed E-state index contributed by atoms with van der Waals surface area (Å²) in [5.74, 6) is 0.708. The molecule has 0 fully saturated rings. The Bertz CT molecular complexity index is 860. The molecule has 0 atom stereocenters. The van der Waals surface area contributed by atoms with Gasteiger partial charge in [-0.3, -0.25) is 4.79 Å². The van der Waals surface area contributed by atoms with Crippen LogP contribution in [0.1, 0.15) is 12.8 Å². The van der Waals surface area contributed by atoms with E-state index in [-0.39, 0.29) is 5.91 Å². The fraction of sp³-hybridized carbons (Fsp3) is 0.294. The van der Waals surface area contributed by atoms with E-state index in [1.54, 1.807) is 16.1 Å². The second kappa shape index (κ2) is 7.02. The highest BCUT2D eigenvalue weighted by molar-refractivity contribution is 7.08. The Kier molecular flexibility index (Phi) is 4.43. The van der Waals surface area contributed by atoms with Gasteiger partial charge in [-0.1, -0.05) is 12.1 Å². The van der Waals surface area contributed by atoms with E-state index in [1.165, 1.54) is 0 Å². The zero-order valence-electron chi connectivity index (χ0n) is 13.6. The summed E-state index contributed by atoms with van der Waals surface area (Å²) in [4.78, 5) is 15.6. The van der Waals surface area contributed by atoms with Gasteiger partial charge in [-0.25, -0.2) is 0 Å². The first-order valence-corrected chi connectivity index (χ1v) is 9.18. The number of aryl methyl sites for hydroxylation is 1. The molecule has 0 spiro atoms. The average Bonchev–Trinajstić information content (AvgIpc) is 3.29. The van der Waals surface area contributed by atoms with Crippen LogP contribution in [0.15, 0.2) is 41.1 Å². The fourth-order valence-electron chi connectivity index (χ4n) is 2.90. The molecule has 2 aromatic heterocycles. The van der Waals surface area contributed by atoms with Crippen LogP contribution in [0.3, 0.4) is 0 Å². The van der Waals surface area contributed by atoms with Crippen molar-refractivity contribution in [1.29, 1.82) is 0 Å². The van der Waals surface area contributed by atoms with Crippen molar-refractivity contribution in [2.24, 2.45) is 0 Å². The predicted molar refractivity (Wildman–Crippen MR) is 97.6 cm³/mol. The molecule has 1 aliphatic rings. The SMILES string of the molecule is O=C1CN(CCCCn2nnc(-c3ccsc3)n2)c2ccccc2N1. The molecule has 8 heteroatoms. The molecule has 0 saturated carbocycles. The highest BCUT2D eigenvalue weighted by Crippen LogP contribution is 2.28. The molecule has 1 aromatic carbocycles. The zero-order valence-corrected chi connectivity index (χ0v) is 14.4. The zero-order chi connectivity index (χ0) is 17.1. The van der Waals surface area contributed by atoms with Gasteiger partial charge >= 0.3 is 0 Å². The number of hydrogen-bond donors (Lipinski definition) is 1. The summed E-state index contributed by atoms with van der Waals surface area (Å²) in [7, 11) is 0. The largest absolute Gasteiger partial charge is 0.361 e. The molecule has 0 saturated heterocycles. The van der Waals surface area contributed by atoms with Crippen LogP contribution in [0, 0.1) is 0 Å². The number of para-hydroxylation sites is 2. The van der Waals surface area contributed by atoms with Gasteiger partial charge in [0.15, 0.2) is 0 Å². The lowest BCUT2D eigenvalue weighted by Gasteiger charge is -2.30. The highest BCUT2D eigenvalue weighted by atomic mass is 32.1. The Balaban J connectivity index is 1.31. The summed E-state index contributed by atoms with van der Waals surface area (Å²) >= 11 is 1.62. The lowest BCUT2D eigenvalue weighted by molar-refractivity contribution is -0.115. The van der Waals surface area contributed by atoms with Gasteiger partial charge in [0.25, 0.3) is 0 Å². The number of anilines is 2. The first-order valence-electron chi connectivity index (χ1n) is 8.24. The molecule has 128 valence electrons. The van der Waals surface area contributed by atoms with Crippen molar-refractivity contribution < 1.29 is 4.79 Å². The number of amides is 1. The van der Waals surface area contributed by atoms with Gasteiger partial charge < -0.3 is 10.2 Å². The lowest BCUT2D eigenvalue weighted by Crippen LogP contribution is -2.38. The van der Waals surface area contributed by atoms with Gasteiger partial charge in [-0.2, -0.15) is 16.1 Å².